The third-order valence-electron chi connectivity index (χ3n) is 3.65. The molecule has 1 saturated heterocycles. The fourth-order valence-corrected chi connectivity index (χ4v) is 2.77. The molecular weight excluding hydrogens is 184 g/mol. The molecule has 0 aromatic carbocycles. The van der Waals surface area contributed by atoms with Crippen molar-refractivity contribution in [2.75, 3.05) is 19.6 Å². The van der Waals surface area contributed by atoms with E-state index < -0.39 is 0 Å². The number of nitrogens with zero attached hydrogens (tertiary/aromatic N) is 1. The normalized spacial score (nSPS) is 33.9. The fraction of sp³-hybridized carbons (Fsp3) is 0.846. The van der Waals surface area contributed by atoms with Crippen molar-refractivity contribution in [2.45, 2.75) is 44.6 Å². The summed E-state index contributed by atoms with van der Waals surface area (Å²) in [5.74, 6) is 0.722. The first kappa shape index (κ1) is 11.2. The zero-order valence-electron chi connectivity index (χ0n) is 9.70. The summed E-state index contributed by atoms with van der Waals surface area (Å²) in [5, 5.41) is 0. The van der Waals surface area contributed by atoms with Gasteiger partial charge in [-0.15, -0.1) is 0 Å². The van der Waals surface area contributed by atoms with Crippen molar-refractivity contribution in [3.05, 3.63) is 12.2 Å². The van der Waals surface area contributed by atoms with Crippen LogP contribution in [0, 0.1) is 5.92 Å². The third kappa shape index (κ3) is 3.62. The molecular formula is C13H24N2. The van der Waals surface area contributed by atoms with Gasteiger partial charge in [-0.25, -0.2) is 0 Å². The highest BCUT2D eigenvalue weighted by atomic mass is 15.1. The second-order valence-corrected chi connectivity index (χ2v) is 5.11. The summed E-state index contributed by atoms with van der Waals surface area (Å²) in [5.41, 5.74) is 5.88. The average Bonchev–Trinajstić information content (AvgIpc) is 2.56. The summed E-state index contributed by atoms with van der Waals surface area (Å²) in [6.07, 6.45) is 12.7. The van der Waals surface area contributed by atoms with Crippen LogP contribution in [0.4, 0.5) is 0 Å². The minimum Gasteiger partial charge on any atom is -0.324 e. The second kappa shape index (κ2) is 5.66. The molecule has 15 heavy (non-hydrogen) atoms. The number of nitrogens with two attached hydrogens (primary N) is 1. The van der Waals surface area contributed by atoms with Gasteiger partial charge in [-0.3, -0.25) is 0 Å². The second-order valence-electron chi connectivity index (χ2n) is 5.11. The van der Waals surface area contributed by atoms with Gasteiger partial charge in [0.25, 0.3) is 0 Å². The maximum absolute atomic E-state index is 5.88. The van der Waals surface area contributed by atoms with Crippen molar-refractivity contribution in [1.82, 2.24) is 4.90 Å². The van der Waals surface area contributed by atoms with Gasteiger partial charge in [-0.2, -0.15) is 0 Å². The van der Waals surface area contributed by atoms with E-state index in [1.165, 1.54) is 51.7 Å². The van der Waals surface area contributed by atoms with Crippen molar-refractivity contribution in [2.24, 2.45) is 11.7 Å². The van der Waals surface area contributed by atoms with E-state index >= 15 is 0 Å². The van der Waals surface area contributed by atoms with Gasteiger partial charge in [-0.1, -0.05) is 31.4 Å². The fourth-order valence-electron chi connectivity index (χ4n) is 2.77. The summed E-state index contributed by atoms with van der Waals surface area (Å²) < 4.78 is 0. The predicted octanol–water partition coefficient (Wildman–Crippen LogP) is 2.16. The highest BCUT2D eigenvalue weighted by molar-refractivity contribution is 5.05. The van der Waals surface area contributed by atoms with E-state index in [4.69, 9.17) is 5.73 Å². The van der Waals surface area contributed by atoms with Gasteiger partial charge in [0.2, 0.25) is 0 Å². The van der Waals surface area contributed by atoms with E-state index in [1.54, 1.807) is 0 Å². The van der Waals surface area contributed by atoms with Crippen LogP contribution in [0.15, 0.2) is 12.2 Å². The largest absolute Gasteiger partial charge is 0.324 e. The highest BCUT2D eigenvalue weighted by Gasteiger charge is 2.18. The summed E-state index contributed by atoms with van der Waals surface area (Å²) >= 11 is 0. The topological polar surface area (TPSA) is 29.3 Å². The van der Waals surface area contributed by atoms with E-state index in [-0.39, 0.29) is 0 Å². The Morgan fingerprint density at radius 3 is 2.27 bits per heavy atom. The smallest absolute Gasteiger partial charge is 0.0229 e. The van der Waals surface area contributed by atoms with Crippen LogP contribution in [-0.2, 0) is 0 Å². The Morgan fingerprint density at radius 2 is 1.67 bits per heavy atom. The first-order valence-corrected chi connectivity index (χ1v) is 6.51. The third-order valence-corrected chi connectivity index (χ3v) is 3.65. The molecule has 86 valence electrons. The summed E-state index contributed by atoms with van der Waals surface area (Å²) in [7, 11) is 0. The van der Waals surface area contributed by atoms with E-state index in [1.807, 2.05) is 0 Å². The molecule has 2 rings (SSSR count). The molecule has 1 heterocycles. The van der Waals surface area contributed by atoms with Crippen LogP contribution in [0.2, 0.25) is 0 Å². The van der Waals surface area contributed by atoms with Gasteiger partial charge in [0.15, 0.2) is 0 Å². The van der Waals surface area contributed by atoms with Crippen molar-refractivity contribution in [3.63, 3.8) is 0 Å². The molecule has 2 unspecified atom stereocenters. The summed E-state index contributed by atoms with van der Waals surface area (Å²) in [6, 6.07) is 0.324. The lowest BCUT2D eigenvalue weighted by atomic mass is 10.0. The number of hydrogen-bond donors (Lipinski definition) is 1. The maximum Gasteiger partial charge on any atom is 0.0229 e. The molecule has 1 aliphatic carbocycles. The SMILES string of the molecule is NC1C=CC(CN2CCCCCCC2)C1. The molecule has 0 bridgehead atoms. The van der Waals surface area contributed by atoms with Crippen molar-refractivity contribution >= 4 is 0 Å². The van der Waals surface area contributed by atoms with Crippen molar-refractivity contribution in [1.29, 1.82) is 0 Å². The monoisotopic (exact) mass is 208 g/mol. The van der Waals surface area contributed by atoms with Crippen molar-refractivity contribution < 1.29 is 0 Å². The van der Waals surface area contributed by atoms with Gasteiger partial charge < -0.3 is 10.6 Å². The van der Waals surface area contributed by atoms with Crippen LogP contribution >= 0.6 is 0 Å². The molecule has 0 saturated carbocycles. The van der Waals surface area contributed by atoms with Crippen LogP contribution < -0.4 is 5.73 Å². The highest BCUT2D eigenvalue weighted by Crippen LogP contribution is 2.19. The Labute approximate surface area is 93.5 Å². The number of hydrogen-bond acceptors (Lipinski definition) is 2. The Bertz CT molecular complexity index is 205. The molecule has 2 heteroatoms. The van der Waals surface area contributed by atoms with Crippen molar-refractivity contribution in [3.8, 4) is 0 Å². The van der Waals surface area contributed by atoms with Crippen LogP contribution in [0.3, 0.4) is 0 Å². The van der Waals surface area contributed by atoms with Crippen LogP contribution in [-0.4, -0.2) is 30.6 Å². The molecule has 0 aromatic heterocycles. The van der Waals surface area contributed by atoms with E-state index in [0.717, 1.165) is 12.3 Å². The minimum absolute atomic E-state index is 0.324. The molecule has 2 N–H and O–H groups in total. The Kier molecular flexibility index (Phi) is 4.21. The number of likely N-dealkylation sites (tertiary alicyclic amines) is 1. The van der Waals surface area contributed by atoms with E-state index in [9.17, 15) is 0 Å². The maximum atomic E-state index is 5.88. The first-order chi connectivity index (χ1) is 7.34. The quantitative estimate of drug-likeness (QED) is 0.705. The number of rotatable bonds is 2. The average molecular weight is 208 g/mol. The van der Waals surface area contributed by atoms with E-state index in [0.29, 0.717) is 6.04 Å². The molecule has 2 nitrogen and oxygen atoms in total. The van der Waals surface area contributed by atoms with Gasteiger partial charge in [-0.05, 0) is 38.3 Å². The predicted molar refractivity (Wildman–Crippen MR) is 64.7 cm³/mol. The molecule has 2 atom stereocenters. The zero-order valence-corrected chi connectivity index (χ0v) is 9.70. The summed E-state index contributed by atoms with van der Waals surface area (Å²) in [4.78, 5) is 2.65. The first-order valence-electron chi connectivity index (χ1n) is 6.51. The van der Waals surface area contributed by atoms with Crippen LogP contribution in [0.1, 0.15) is 38.5 Å². The van der Waals surface area contributed by atoms with E-state index in [2.05, 4.69) is 17.1 Å². The molecule has 2 aliphatic rings. The molecule has 0 amide bonds. The Hall–Kier alpha value is -0.340. The zero-order chi connectivity index (χ0) is 10.5. The molecule has 1 fully saturated rings. The lowest BCUT2D eigenvalue weighted by Crippen LogP contribution is -2.32. The van der Waals surface area contributed by atoms with Gasteiger partial charge in [0.1, 0.15) is 0 Å². The lowest BCUT2D eigenvalue weighted by Gasteiger charge is -2.26. The standard InChI is InChI=1S/C13H24N2/c14-13-7-6-12(10-13)11-15-8-4-2-1-3-5-9-15/h6-7,12-13H,1-5,8-11,14H2. The van der Waals surface area contributed by atoms with Gasteiger partial charge in [0.05, 0.1) is 0 Å². The molecule has 0 aromatic rings. The van der Waals surface area contributed by atoms with Crippen LogP contribution in [0.5, 0.6) is 0 Å². The van der Waals surface area contributed by atoms with Gasteiger partial charge >= 0.3 is 0 Å². The Balaban J connectivity index is 1.74. The van der Waals surface area contributed by atoms with Gasteiger partial charge in [0, 0.05) is 12.6 Å². The lowest BCUT2D eigenvalue weighted by molar-refractivity contribution is 0.224. The molecule has 1 aliphatic heterocycles. The Morgan fingerprint density at radius 1 is 1.00 bits per heavy atom. The minimum atomic E-state index is 0.324. The molecule has 0 radical (unpaired) electrons. The molecule has 0 spiro atoms. The van der Waals surface area contributed by atoms with Crippen LogP contribution in [0.25, 0.3) is 0 Å². The summed E-state index contributed by atoms with van der Waals surface area (Å²) in [6.45, 7) is 3.85.